The fourth-order valence-corrected chi connectivity index (χ4v) is 4.14. The standard InChI is InChI=1S/C18H25N3O5S/c1-13(22)26-17-14-9-6-7-10-15(14)27(24,25)20(2)16(17)18(23)19-11-8-12-21(3,4)5/h6-7,9-10H,8,11-12H2,1-5H3/p+1. The summed E-state index contributed by atoms with van der Waals surface area (Å²) in [7, 11) is 3.49. The van der Waals surface area contributed by atoms with E-state index in [0.29, 0.717) is 6.54 Å². The highest BCUT2D eigenvalue weighted by Gasteiger charge is 2.39. The number of hydrogen-bond acceptors (Lipinski definition) is 5. The van der Waals surface area contributed by atoms with Gasteiger partial charge in [0.25, 0.3) is 15.9 Å². The van der Waals surface area contributed by atoms with E-state index in [1.54, 1.807) is 12.1 Å². The molecule has 0 radical (unpaired) electrons. The van der Waals surface area contributed by atoms with E-state index in [-0.39, 0.29) is 21.9 Å². The van der Waals surface area contributed by atoms with Crippen LogP contribution in [-0.2, 0) is 24.3 Å². The Morgan fingerprint density at radius 1 is 1.19 bits per heavy atom. The molecule has 0 aliphatic carbocycles. The average Bonchev–Trinajstić information content (AvgIpc) is 2.56. The van der Waals surface area contributed by atoms with E-state index in [9.17, 15) is 18.0 Å². The van der Waals surface area contributed by atoms with E-state index in [1.165, 1.54) is 26.1 Å². The van der Waals surface area contributed by atoms with Gasteiger partial charge in [-0.2, -0.15) is 0 Å². The number of nitrogens with one attached hydrogen (secondary N) is 1. The predicted octanol–water partition coefficient (Wildman–Crippen LogP) is 0.765. The van der Waals surface area contributed by atoms with Gasteiger partial charge in [-0.15, -0.1) is 0 Å². The molecule has 1 aromatic rings. The van der Waals surface area contributed by atoms with Gasteiger partial charge >= 0.3 is 5.97 Å². The van der Waals surface area contributed by atoms with Gasteiger partial charge in [-0.1, -0.05) is 12.1 Å². The van der Waals surface area contributed by atoms with Gasteiger partial charge in [0.2, 0.25) is 0 Å². The molecule has 0 fully saturated rings. The molecule has 1 aromatic carbocycles. The fourth-order valence-electron chi connectivity index (χ4n) is 2.75. The Kier molecular flexibility index (Phi) is 5.96. The Morgan fingerprint density at radius 2 is 1.81 bits per heavy atom. The summed E-state index contributed by atoms with van der Waals surface area (Å²) in [6, 6.07) is 6.13. The lowest BCUT2D eigenvalue weighted by molar-refractivity contribution is -0.870. The summed E-state index contributed by atoms with van der Waals surface area (Å²) in [4.78, 5) is 24.3. The first-order valence-corrected chi connectivity index (χ1v) is 9.99. The summed E-state index contributed by atoms with van der Waals surface area (Å²) in [5, 5.41) is 2.72. The quantitative estimate of drug-likeness (QED) is 0.435. The number of carbonyl (C=O) groups excluding carboxylic acids is 2. The van der Waals surface area contributed by atoms with Crippen LogP contribution in [0.1, 0.15) is 18.9 Å². The maximum absolute atomic E-state index is 12.8. The second-order valence-electron chi connectivity index (χ2n) is 7.36. The molecule has 1 heterocycles. The molecule has 27 heavy (non-hydrogen) atoms. The smallest absolute Gasteiger partial charge is 0.308 e. The highest BCUT2D eigenvalue weighted by molar-refractivity contribution is 7.89. The molecule has 1 aliphatic heterocycles. The molecule has 1 amide bonds. The first-order valence-electron chi connectivity index (χ1n) is 8.55. The minimum absolute atomic E-state index is 0.00895. The second kappa shape index (κ2) is 7.69. The molecular weight excluding hydrogens is 370 g/mol. The van der Waals surface area contributed by atoms with Crippen LogP contribution in [0.15, 0.2) is 34.9 Å². The zero-order valence-corrected chi connectivity index (χ0v) is 17.1. The third-order valence-corrected chi connectivity index (χ3v) is 5.87. The van der Waals surface area contributed by atoms with Gasteiger partial charge in [-0.3, -0.25) is 13.9 Å². The Bertz CT molecular complexity index is 885. The first kappa shape index (κ1) is 20.9. The van der Waals surface area contributed by atoms with Crippen molar-refractivity contribution in [2.45, 2.75) is 18.2 Å². The average molecular weight is 396 g/mol. The van der Waals surface area contributed by atoms with Crippen molar-refractivity contribution in [3.63, 3.8) is 0 Å². The van der Waals surface area contributed by atoms with E-state index < -0.39 is 21.9 Å². The molecule has 0 aromatic heterocycles. The van der Waals surface area contributed by atoms with Crippen molar-refractivity contribution in [2.24, 2.45) is 0 Å². The van der Waals surface area contributed by atoms with Crippen molar-refractivity contribution in [3.05, 3.63) is 35.5 Å². The third kappa shape index (κ3) is 4.67. The number of hydrogen-bond donors (Lipinski definition) is 1. The Labute approximate surface area is 160 Å². The lowest BCUT2D eigenvalue weighted by atomic mass is 10.1. The van der Waals surface area contributed by atoms with Gasteiger partial charge in [-0.25, -0.2) is 8.42 Å². The molecule has 148 valence electrons. The largest absolute Gasteiger partial charge is 0.424 e. The van der Waals surface area contributed by atoms with Crippen LogP contribution in [0.2, 0.25) is 0 Å². The van der Waals surface area contributed by atoms with Crippen LogP contribution < -0.4 is 5.32 Å². The maximum atomic E-state index is 12.8. The summed E-state index contributed by atoms with van der Waals surface area (Å²) in [6.45, 7) is 2.42. The highest BCUT2D eigenvalue weighted by atomic mass is 32.2. The Hall–Kier alpha value is -2.39. The van der Waals surface area contributed by atoms with Crippen LogP contribution in [0.3, 0.4) is 0 Å². The molecule has 0 saturated heterocycles. The molecule has 0 bridgehead atoms. The van der Waals surface area contributed by atoms with Gasteiger partial charge in [0.05, 0.1) is 32.6 Å². The topological polar surface area (TPSA) is 92.8 Å². The number of quaternary nitrogens is 1. The van der Waals surface area contributed by atoms with Crippen LogP contribution >= 0.6 is 0 Å². The molecule has 0 saturated carbocycles. The van der Waals surface area contributed by atoms with E-state index >= 15 is 0 Å². The Balaban J connectivity index is 2.40. The number of fused-ring (bicyclic) bond motifs is 1. The zero-order chi connectivity index (χ0) is 20.4. The molecule has 1 aliphatic rings. The predicted molar refractivity (Wildman–Crippen MR) is 101 cm³/mol. The first-order chi connectivity index (χ1) is 12.4. The fraction of sp³-hybridized carbons (Fsp3) is 0.444. The van der Waals surface area contributed by atoms with E-state index in [1.807, 2.05) is 21.1 Å². The summed E-state index contributed by atoms with van der Waals surface area (Å²) in [6.07, 6.45) is 0.721. The molecule has 0 spiro atoms. The number of nitrogens with zero attached hydrogens (tertiary/aromatic N) is 2. The number of carbonyl (C=O) groups is 2. The van der Waals surface area contributed by atoms with Crippen LogP contribution in [-0.4, -0.2) is 70.4 Å². The molecule has 9 heteroatoms. The Morgan fingerprint density at radius 3 is 2.41 bits per heavy atom. The highest BCUT2D eigenvalue weighted by Crippen LogP contribution is 2.36. The normalized spacial score (nSPS) is 16.0. The second-order valence-corrected chi connectivity index (χ2v) is 9.30. The molecule has 8 nitrogen and oxygen atoms in total. The number of likely N-dealkylation sites (N-methyl/N-ethyl adjacent to an activating group) is 1. The van der Waals surface area contributed by atoms with E-state index in [4.69, 9.17) is 4.74 Å². The van der Waals surface area contributed by atoms with Crippen molar-refractivity contribution in [1.29, 1.82) is 0 Å². The summed E-state index contributed by atoms with van der Waals surface area (Å²) in [5.74, 6) is -1.30. The van der Waals surface area contributed by atoms with Gasteiger partial charge in [0.15, 0.2) is 11.5 Å². The summed E-state index contributed by atoms with van der Waals surface area (Å²) >= 11 is 0. The van der Waals surface area contributed by atoms with Crippen LogP contribution in [0.25, 0.3) is 5.76 Å². The monoisotopic (exact) mass is 396 g/mol. The lowest BCUT2D eigenvalue weighted by Gasteiger charge is -2.30. The molecule has 2 rings (SSSR count). The summed E-state index contributed by atoms with van der Waals surface area (Å²) < 4.78 is 32.4. The van der Waals surface area contributed by atoms with Crippen LogP contribution in [0.5, 0.6) is 0 Å². The maximum Gasteiger partial charge on any atom is 0.308 e. The number of esters is 1. The molecular formula is C18H26N3O5S+. The van der Waals surface area contributed by atoms with Crippen LogP contribution in [0.4, 0.5) is 0 Å². The number of sulfonamides is 1. The summed E-state index contributed by atoms with van der Waals surface area (Å²) in [5.41, 5.74) is -0.00328. The number of amides is 1. The van der Waals surface area contributed by atoms with Crippen molar-refractivity contribution >= 4 is 27.7 Å². The molecule has 1 N–H and O–H groups in total. The lowest BCUT2D eigenvalue weighted by Crippen LogP contribution is -2.42. The van der Waals surface area contributed by atoms with Crippen molar-refractivity contribution in [3.8, 4) is 0 Å². The number of benzene rings is 1. The van der Waals surface area contributed by atoms with Crippen molar-refractivity contribution < 1.29 is 27.2 Å². The minimum Gasteiger partial charge on any atom is -0.424 e. The van der Waals surface area contributed by atoms with Gasteiger partial charge < -0.3 is 14.5 Å². The number of ether oxygens (including phenoxy) is 1. The SMILES string of the molecule is CC(=O)OC1=C(C(=O)NCCC[N+](C)(C)C)N(C)S(=O)(=O)c2ccccc21. The van der Waals surface area contributed by atoms with Crippen molar-refractivity contribution in [1.82, 2.24) is 9.62 Å². The van der Waals surface area contributed by atoms with Gasteiger partial charge in [0.1, 0.15) is 0 Å². The van der Waals surface area contributed by atoms with Gasteiger partial charge in [-0.05, 0) is 12.1 Å². The number of rotatable bonds is 6. The third-order valence-electron chi connectivity index (χ3n) is 4.05. The molecule has 0 unspecified atom stereocenters. The van der Waals surface area contributed by atoms with Gasteiger partial charge in [0, 0.05) is 32.5 Å². The van der Waals surface area contributed by atoms with E-state index in [0.717, 1.165) is 21.8 Å². The minimum atomic E-state index is -3.92. The zero-order valence-electron chi connectivity index (χ0n) is 16.3. The molecule has 0 atom stereocenters. The van der Waals surface area contributed by atoms with Crippen molar-refractivity contribution in [2.75, 3.05) is 41.3 Å². The van der Waals surface area contributed by atoms with Crippen LogP contribution in [0, 0.1) is 0 Å². The van der Waals surface area contributed by atoms with E-state index in [2.05, 4.69) is 5.32 Å².